The number of nitrogens with zero attached hydrogens (tertiary/aromatic N) is 2. The fourth-order valence-electron chi connectivity index (χ4n) is 2.38. The molecule has 0 radical (unpaired) electrons. The van der Waals surface area contributed by atoms with Crippen molar-refractivity contribution in [3.63, 3.8) is 0 Å². The maximum atomic E-state index is 11.0. The molecular weight excluding hydrogens is 350 g/mol. The highest BCUT2D eigenvalue weighted by Gasteiger charge is 2.11. The Kier molecular flexibility index (Phi) is 7.24. The number of para-hydroxylation sites is 2. The molecule has 0 atom stereocenters. The second-order valence-electron chi connectivity index (χ2n) is 5.52. The zero-order chi connectivity index (χ0) is 19.6. The van der Waals surface area contributed by atoms with Gasteiger partial charge in [0.05, 0.1) is 25.7 Å². The Morgan fingerprint density at radius 2 is 1.89 bits per heavy atom. The van der Waals surface area contributed by atoms with Crippen molar-refractivity contribution >= 4 is 17.3 Å². The maximum Gasteiger partial charge on any atom is 0.292 e. The van der Waals surface area contributed by atoms with Gasteiger partial charge in [-0.2, -0.15) is 0 Å². The van der Waals surface area contributed by atoms with Gasteiger partial charge in [-0.25, -0.2) is 4.99 Å². The van der Waals surface area contributed by atoms with Crippen molar-refractivity contribution in [1.29, 1.82) is 0 Å². The van der Waals surface area contributed by atoms with E-state index in [0.717, 1.165) is 5.56 Å². The van der Waals surface area contributed by atoms with Gasteiger partial charge in [-0.3, -0.25) is 10.1 Å². The number of ether oxygens (including phenoxy) is 2. The van der Waals surface area contributed by atoms with Crippen molar-refractivity contribution < 1.29 is 14.4 Å². The monoisotopic (exact) mass is 373 g/mol. The van der Waals surface area contributed by atoms with Crippen LogP contribution in [0.4, 0.5) is 11.4 Å². The first kappa shape index (κ1) is 19.8. The molecule has 0 saturated carbocycles. The summed E-state index contributed by atoms with van der Waals surface area (Å²) in [4.78, 5) is 14.8. The summed E-state index contributed by atoms with van der Waals surface area (Å²) >= 11 is 0. The molecule has 0 bridgehead atoms. The summed E-state index contributed by atoms with van der Waals surface area (Å²) in [6.45, 7) is 1.31. The number of nitrogens with one attached hydrogen (secondary N) is 2. The number of rotatable bonds is 9. The predicted octanol–water partition coefficient (Wildman–Crippen LogP) is 2.13. The molecule has 0 saturated heterocycles. The number of methoxy groups -OCH3 is 2. The number of hydrogen-bond donors (Lipinski definition) is 3. The Morgan fingerprint density at radius 1 is 1.15 bits per heavy atom. The Morgan fingerprint density at radius 3 is 2.59 bits per heavy atom. The van der Waals surface area contributed by atoms with Crippen LogP contribution in [0.2, 0.25) is 0 Å². The van der Waals surface area contributed by atoms with Crippen LogP contribution in [-0.2, 0) is 6.54 Å². The predicted molar refractivity (Wildman–Crippen MR) is 104 cm³/mol. The molecule has 0 aliphatic carbocycles. The van der Waals surface area contributed by atoms with Crippen LogP contribution >= 0.6 is 0 Å². The molecule has 2 aromatic carbocycles. The van der Waals surface area contributed by atoms with Crippen LogP contribution in [0.25, 0.3) is 0 Å². The summed E-state index contributed by atoms with van der Waals surface area (Å²) in [5.74, 6) is 1.57. The third-order valence-corrected chi connectivity index (χ3v) is 3.73. The van der Waals surface area contributed by atoms with Gasteiger partial charge in [-0.15, -0.1) is 0 Å². The quantitative estimate of drug-likeness (QED) is 0.202. The van der Waals surface area contributed by atoms with Crippen molar-refractivity contribution in [2.45, 2.75) is 6.54 Å². The SMILES string of the molecule is COc1ccc(CN=C(N)NCCNc2ccccc2[N+](=O)[O-])cc1OC. The zero-order valence-corrected chi connectivity index (χ0v) is 15.3. The second-order valence-corrected chi connectivity index (χ2v) is 5.52. The van der Waals surface area contributed by atoms with Crippen molar-refractivity contribution in [3.05, 3.63) is 58.1 Å². The summed E-state index contributed by atoms with van der Waals surface area (Å²) in [6.07, 6.45) is 0. The van der Waals surface area contributed by atoms with Crippen LogP contribution in [0.3, 0.4) is 0 Å². The van der Waals surface area contributed by atoms with E-state index in [2.05, 4.69) is 15.6 Å². The van der Waals surface area contributed by atoms with E-state index >= 15 is 0 Å². The summed E-state index contributed by atoms with van der Waals surface area (Å²) < 4.78 is 10.5. The first-order valence-corrected chi connectivity index (χ1v) is 8.27. The number of nitro benzene ring substituents is 1. The van der Waals surface area contributed by atoms with Gasteiger partial charge >= 0.3 is 0 Å². The largest absolute Gasteiger partial charge is 0.493 e. The molecule has 0 aliphatic heterocycles. The van der Waals surface area contributed by atoms with E-state index in [1.807, 2.05) is 18.2 Å². The summed E-state index contributed by atoms with van der Waals surface area (Å²) in [5, 5.41) is 16.9. The lowest BCUT2D eigenvalue weighted by Gasteiger charge is -2.10. The van der Waals surface area contributed by atoms with Crippen LogP contribution in [0.5, 0.6) is 11.5 Å². The molecular formula is C18H23N5O4. The number of anilines is 1. The molecule has 2 aromatic rings. The van der Waals surface area contributed by atoms with Gasteiger partial charge < -0.3 is 25.8 Å². The molecule has 0 heterocycles. The van der Waals surface area contributed by atoms with Crippen LogP contribution < -0.4 is 25.8 Å². The Balaban J connectivity index is 1.82. The lowest BCUT2D eigenvalue weighted by molar-refractivity contribution is -0.384. The highest BCUT2D eigenvalue weighted by molar-refractivity contribution is 5.77. The van der Waals surface area contributed by atoms with Gasteiger partial charge in [-0.05, 0) is 23.8 Å². The summed E-state index contributed by atoms with van der Waals surface area (Å²) in [6, 6.07) is 12.0. The van der Waals surface area contributed by atoms with Crippen LogP contribution in [0.15, 0.2) is 47.5 Å². The molecule has 9 heteroatoms. The maximum absolute atomic E-state index is 11.0. The van der Waals surface area contributed by atoms with Crippen molar-refractivity contribution in [3.8, 4) is 11.5 Å². The average Bonchev–Trinajstić information content (AvgIpc) is 2.69. The minimum Gasteiger partial charge on any atom is -0.493 e. The summed E-state index contributed by atoms with van der Waals surface area (Å²) in [5.41, 5.74) is 7.28. The normalized spacial score (nSPS) is 11.0. The highest BCUT2D eigenvalue weighted by Crippen LogP contribution is 2.27. The lowest BCUT2D eigenvalue weighted by Crippen LogP contribution is -2.35. The van der Waals surface area contributed by atoms with Gasteiger partial charge in [-0.1, -0.05) is 18.2 Å². The van der Waals surface area contributed by atoms with Crippen molar-refractivity contribution in [2.75, 3.05) is 32.6 Å². The number of hydrogen-bond acceptors (Lipinski definition) is 6. The average molecular weight is 373 g/mol. The number of nitrogens with two attached hydrogens (primary N) is 1. The van der Waals surface area contributed by atoms with E-state index in [0.29, 0.717) is 36.8 Å². The van der Waals surface area contributed by atoms with Gasteiger partial charge in [0.1, 0.15) is 5.69 Å². The first-order chi connectivity index (χ1) is 13.0. The van der Waals surface area contributed by atoms with Gasteiger partial charge in [0, 0.05) is 19.2 Å². The molecule has 0 unspecified atom stereocenters. The molecule has 9 nitrogen and oxygen atoms in total. The number of aliphatic imine (C=N–C) groups is 1. The fraction of sp³-hybridized carbons (Fsp3) is 0.278. The number of guanidine groups is 1. The van der Waals surface area contributed by atoms with E-state index in [1.54, 1.807) is 32.4 Å². The molecule has 0 amide bonds. The Hall–Kier alpha value is -3.49. The van der Waals surface area contributed by atoms with Gasteiger partial charge in [0.2, 0.25) is 0 Å². The van der Waals surface area contributed by atoms with E-state index in [1.165, 1.54) is 6.07 Å². The fourth-order valence-corrected chi connectivity index (χ4v) is 2.38. The number of nitro groups is 1. The topological polar surface area (TPSA) is 124 Å². The van der Waals surface area contributed by atoms with Crippen LogP contribution in [0, 0.1) is 10.1 Å². The highest BCUT2D eigenvalue weighted by atomic mass is 16.6. The van der Waals surface area contributed by atoms with Crippen molar-refractivity contribution in [1.82, 2.24) is 5.32 Å². The minimum atomic E-state index is -0.422. The van der Waals surface area contributed by atoms with E-state index in [4.69, 9.17) is 15.2 Å². The molecule has 144 valence electrons. The van der Waals surface area contributed by atoms with E-state index in [9.17, 15) is 10.1 Å². The molecule has 0 aromatic heterocycles. The third kappa shape index (κ3) is 5.77. The first-order valence-electron chi connectivity index (χ1n) is 8.27. The molecule has 4 N–H and O–H groups in total. The number of benzene rings is 2. The lowest BCUT2D eigenvalue weighted by atomic mass is 10.2. The van der Waals surface area contributed by atoms with Crippen LogP contribution in [-0.4, -0.2) is 38.2 Å². The molecule has 0 spiro atoms. The molecule has 0 aliphatic rings. The van der Waals surface area contributed by atoms with Crippen molar-refractivity contribution in [2.24, 2.45) is 10.7 Å². The zero-order valence-electron chi connectivity index (χ0n) is 15.3. The smallest absolute Gasteiger partial charge is 0.292 e. The van der Waals surface area contributed by atoms with Gasteiger partial charge in [0.25, 0.3) is 5.69 Å². The van der Waals surface area contributed by atoms with Crippen LogP contribution in [0.1, 0.15) is 5.56 Å². The van der Waals surface area contributed by atoms with E-state index in [-0.39, 0.29) is 11.6 Å². The van der Waals surface area contributed by atoms with Gasteiger partial charge in [0.15, 0.2) is 17.5 Å². The minimum absolute atomic E-state index is 0.0348. The molecule has 0 fully saturated rings. The molecule has 2 rings (SSSR count). The Bertz CT molecular complexity index is 810. The standard InChI is InChI=1S/C18H23N5O4/c1-26-16-8-7-13(11-17(16)27-2)12-22-18(19)21-10-9-20-14-5-3-4-6-15(14)23(24)25/h3-8,11,20H,9-10,12H2,1-2H3,(H3,19,21,22). The third-order valence-electron chi connectivity index (χ3n) is 3.73. The summed E-state index contributed by atoms with van der Waals surface area (Å²) in [7, 11) is 3.15. The Labute approximate surface area is 157 Å². The second kappa shape index (κ2) is 9.85. The van der Waals surface area contributed by atoms with E-state index < -0.39 is 4.92 Å². The molecule has 27 heavy (non-hydrogen) atoms.